The molecule has 1 aromatic heterocycles. The van der Waals surface area contributed by atoms with Crippen LogP contribution in [-0.2, 0) is 10.0 Å². The van der Waals surface area contributed by atoms with E-state index in [4.69, 9.17) is 12.2 Å². The number of rotatable bonds is 7. The number of sulfonamides is 1. The molecule has 1 N–H and O–H groups in total. The van der Waals surface area contributed by atoms with Crippen molar-refractivity contribution in [1.29, 1.82) is 0 Å². The molecule has 1 heterocycles. The molecule has 0 unspecified atom stereocenters. The van der Waals surface area contributed by atoms with Gasteiger partial charge in [0.15, 0.2) is 10.6 Å². The second-order valence-electron chi connectivity index (χ2n) is 5.60. The Morgan fingerprint density at radius 1 is 1.29 bits per heavy atom. The van der Waals surface area contributed by atoms with Gasteiger partial charge in [-0.1, -0.05) is 32.9 Å². The molecule has 132 valence electrons. The molecule has 8 heteroatoms. The van der Waals surface area contributed by atoms with Crippen LogP contribution in [0, 0.1) is 4.77 Å². The van der Waals surface area contributed by atoms with Crippen LogP contribution in [0.4, 0.5) is 0 Å². The van der Waals surface area contributed by atoms with E-state index in [2.05, 4.69) is 24.0 Å². The molecule has 0 aliphatic heterocycles. The van der Waals surface area contributed by atoms with Crippen LogP contribution < -0.4 is 0 Å². The van der Waals surface area contributed by atoms with Crippen LogP contribution in [-0.4, -0.2) is 40.6 Å². The third kappa shape index (κ3) is 3.45. The molecular formula is C16H24N4O2S2. The molecule has 24 heavy (non-hydrogen) atoms. The van der Waals surface area contributed by atoms with E-state index in [1.807, 2.05) is 24.5 Å². The average Bonchev–Trinajstić information content (AvgIpc) is 2.97. The van der Waals surface area contributed by atoms with Crippen molar-refractivity contribution in [3.8, 4) is 11.4 Å². The van der Waals surface area contributed by atoms with E-state index in [1.54, 1.807) is 18.2 Å². The van der Waals surface area contributed by atoms with Gasteiger partial charge in [0, 0.05) is 24.7 Å². The zero-order valence-electron chi connectivity index (χ0n) is 14.5. The maximum Gasteiger partial charge on any atom is 0.243 e. The lowest BCUT2D eigenvalue weighted by molar-refractivity contribution is 0.445. The maximum absolute atomic E-state index is 12.7. The van der Waals surface area contributed by atoms with Crippen LogP contribution in [0.15, 0.2) is 29.2 Å². The number of aromatic amines is 1. The van der Waals surface area contributed by atoms with Crippen molar-refractivity contribution in [3.63, 3.8) is 0 Å². The molecule has 0 aliphatic rings. The Morgan fingerprint density at radius 2 is 1.96 bits per heavy atom. The molecule has 0 saturated heterocycles. The van der Waals surface area contributed by atoms with E-state index < -0.39 is 10.0 Å². The van der Waals surface area contributed by atoms with Gasteiger partial charge in [-0.3, -0.25) is 9.67 Å². The van der Waals surface area contributed by atoms with Gasteiger partial charge < -0.3 is 0 Å². The SMILES string of the molecule is CC[C@H](C)n1c(-c2cccc(S(=O)(=O)N(CC)CC)c2)n[nH]c1=S. The number of hydrogen-bond donors (Lipinski definition) is 1. The topological polar surface area (TPSA) is 71.0 Å². The number of benzene rings is 1. The molecule has 6 nitrogen and oxygen atoms in total. The highest BCUT2D eigenvalue weighted by Crippen LogP contribution is 2.26. The van der Waals surface area contributed by atoms with Gasteiger partial charge in [-0.15, -0.1) is 0 Å². The predicted molar refractivity (Wildman–Crippen MR) is 98.0 cm³/mol. The van der Waals surface area contributed by atoms with E-state index >= 15 is 0 Å². The fourth-order valence-corrected chi connectivity index (χ4v) is 4.42. The highest BCUT2D eigenvalue weighted by molar-refractivity contribution is 7.89. The average molecular weight is 369 g/mol. The monoisotopic (exact) mass is 368 g/mol. The molecule has 0 fully saturated rings. The Morgan fingerprint density at radius 3 is 2.54 bits per heavy atom. The highest BCUT2D eigenvalue weighted by atomic mass is 32.2. The molecule has 0 saturated carbocycles. The Kier molecular flexibility index (Phi) is 5.95. The van der Waals surface area contributed by atoms with Gasteiger partial charge in [0.25, 0.3) is 0 Å². The largest absolute Gasteiger partial charge is 0.297 e. The van der Waals surface area contributed by atoms with Crippen LogP contribution in [0.2, 0.25) is 0 Å². The fourth-order valence-electron chi connectivity index (χ4n) is 2.61. The Hall–Kier alpha value is -1.51. The number of aromatic nitrogens is 3. The Bertz CT molecular complexity index is 851. The van der Waals surface area contributed by atoms with E-state index in [9.17, 15) is 8.42 Å². The van der Waals surface area contributed by atoms with E-state index in [1.165, 1.54) is 4.31 Å². The second kappa shape index (κ2) is 7.58. The van der Waals surface area contributed by atoms with Crippen LogP contribution in [0.1, 0.15) is 40.2 Å². The predicted octanol–water partition coefficient (Wildman–Crippen LogP) is 3.61. The van der Waals surface area contributed by atoms with Gasteiger partial charge in [0.05, 0.1) is 4.90 Å². The summed E-state index contributed by atoms with van der Waals surface area (Å²) in [7, 11) is -3.50. The lowest BCUT2D eigenvalue weighted by Crippen LogP contribution is -2.30. The Labute approximate surface area is 148 Å². The summed E-state index contributed by atoms with van der Waals surface area (Å²) in [5.74, 6) is 0.658. The molecule has 1 atom stereocenters. The van der Waals surface area contributed by atoms with Crippen molar-refractivity contribution in [2.75, 3.05) is 13.1 Å². The summed E-state index contributed by atoms with van der Waals surface area (Å²) in [6.45, 7) is 8.68. The number of nitrogens with zero attached hydrogens (tertiary/aromatic N) is 3. The molecular weight excluding hydrogens is 344 g/mol. The minimum atomic E-state index is -3.50. The summed E-state index contributed by atoms with van der Waals surface area (Å²) < 4.78 is 29.4. The first kappa shape index (κ1) is 18.8. The van der Waals surface area contributed by atoms with Crippen molar-refractivity contribution < 1.29 is 8.42 Å². The lowest BCUT2D eigenvalue weighted by atomic mass is 10.2. The van der Waals surface area contributed by atoms with Crippen molar-refractivity contribution in [2.24, 2.45) is 0 Å². The van der Waals surface area contributed by atoms with Crippen molar-refractivity contribution in [3.05, 3.63) is 29.0 Å². The second-order valence-corrected chi connectivity index (χ2v) is 7.92. The molecule has 0 bridgehead atoms. The van der Waals surface area contributed by atoms with Gasteiger partial charge in [0.2, 0.25) is 10.0 Å². The summed E-state index contributed by atoms with van der Waals surface area (Å²) in [4.78, 5) is 0.272. The van der Waals surface area contributed by atoms with Gasteiger partial charge in [-0.2, -0.15) is 9.40 Å². The van der Waals surface area contributed by atoms with Gasteiger partial charge in [-0.25, -0.2) is 8.42 Å². The zero-order valence-corrected chi connectivity index (χ0v) is 16.1. The highest BCUT2D eigenvalue weighted by Gasteiger charge is 2.23. The molecule has 0 amide bonds. The standard InChI is InChI=1S/C16H24N4O2S2/c1-5-12(4)20-15(17-18-16(20)23)13-9-8-10-14(11-13)24(21,22)19(6-2)7-3/h8-12H,5-7H2,1-4H3,(H,18,23)/t12-/m0/s1. The van der Waals surface area contributed by atoms with Crippen LogP contribution in [0.3, 0.4) is 0 Å². The minimum Gasteiger partial charge on any atom is -0.297 e. The van der Waals surface area contributed by atoms with Crippen molar-refractivity contribution in [2.45, 2.75) is 45.1 Å². The number of nitrogens with one attached hydrogen (secondary N) is 1. The molecule has 0 spiro atoms. The zero-order chi connectivity index (χ0) is 17.9. The fraction of sp³-hybridized carbons (Fsp3) is 0.500. The molecule has 0 radical (unpaired) electrons. The van der Waals surface area contributed by atoms with Gasteiger partial charge in [-0.05, 0) is 37.7 Å². The van der Waals surface area contributed by atoms with Crippen LogP contribution in [0.25, 0.3) is 11.4 Å². The van der Waals surface area contributed by atoms with Crippen LogP contribution in [0.5, 0.6) is 0 Å². The normalized spacial score (nSPS) is 13.4. The lowest BCUT2D eigenvalue weighted by Gasteiger charge is -2.19. The van der Waals surface area contributed by atoms with Crippen molar-refractivity contribution in [1.82, 2.24) is 19.1 Å². The summed E-state index contributed by atoms with van der Waals surface area (Å²) >= 11 is 5.32. The van der Waals surface area contributed by atoms with Gasteiger partial charge in [0.1, 0.15) is 0 Å². The third-order valence-electron chi connectivity index (χ3n) is 4.17. The number of H-pyrrole nitrogens is 1. The minimum absolute atomic E-state index is 0.175. The Balaban J connectivity index is 2.56. The quantitative estimate of drug-likeness (QED) is 0.758. The first-order valence-electron chi connectivity index (χ1n) is 8.14. The summed E-state index contributed by atoms with van der Waals surface area (Å²) in [6, 6.07) is 7.05. The summed E-state index contributed by atoms with van der Waals surface area (Å²) in [5.41, 5.74) is 0.732. The summed E-state index contributed by atoms with van der Waals surface area (Å²) in [6.07, 6.45) is 0.901. The molecule has 0 aliphatic carbocycles. The number of hydrogen-bond acceptors (Lipinski definition) is 4. The third-order valence-corrected chi connectivity index (χ3v) is 6.51. The molecule has 2 aromatic rings. The van der Waals surface area contributed by atoms with E-state index in [0.717, 1.165) is 12.0 Å². The smallest absolute Gasteiger partial charge is 0.243 e. The first-order chi connectivity index (χ1) is 11.4. The maximum atomic E-state index is 12.7. The van der Waals surface area contributed by atoms with Gasteiger partial charge >= 0.3 is 0 Å². The first-order valence-corrected chi connectivity index (χ1v) is 9.99. The van der Waals surface area contributed by atoms with E-state index in [-0.39, 0.29) is 10.9 Å². The van der Waals surface area contributed by atoms with E-state index in [0.29, 0.717) is 23.7 Å². The molecule has 2 rings (SSSR count). The van der Waals surface area contributed by atoms with Crippen molar-refractivity contribution >= 4 is 22.2 Å². The summed E-state index contributed by atoms with van der Waals surface area (Å²) in [5, 5.41) is 7.11. The molecule has 1 aromatic carbocycles. The van der Waals surface area contributed by atoms with Crippen LogP contribution >= 0.6 is 12.2 Å².